The fourth-order valence-electron chi connectivity index (χ4n) is 1.44. The molecule has 1 aromatic rings. The lowest BCUT2D eigenvalue weighted by atomic mass is 10.2. The van der Waals surface area contributed by atoms with Crippen molar-refractivity contribution in [3.63, 3.8) is 0 Å². The molecule has 0 aliphatic heterocycles. The summed E-state index contributed by atoms with van der Waals surface area (Å²) in [5.41, 5.74) is 0.0764. The van der Waals surface area contributed by atoms with Crippen LogP contribution >= 0.6 is 15.9 Å². The highest BCUT2D eigenvalue weighted by Crippen LogP contribution is 2.23. The summed E-state index contributed by atoms with van der Waals surface area (Å²) >= 11 is 3.25. The molecule has 0 saturated heterocycles. The van der Waals surface area contributed by atoms with Gasteiger partial charge in [-0.15, -0.1) is 0 Å². The maximum Gasteiger partial charge on any atom is 0.339 e. The van der Waals surface area contributed by atoms with Crippen LogP contribution in [-0.4, -0.2) is 29.6 Å². The molecule has 0 spiro atoms. The van der Waals surface area contributed by atoms with E-state index < -0.39 is 5.97 Å². The second-order valence-corrected chi connectivity index (χ2v) is 5.18. The molecule has 0 bridgehead atoms. The smallest absolute Gasteiger partial charge is 0.339 e. The molecule has 1 rings (SSSR count). The van der Waals surface area contributed by atoms with Crippen LogP contribution in [0.4, 0.5) is 0 Å². The Hall–Kier alpha value is -1.56. The highest BCUT2D eigenvalue weighted by atomic mass is 79.9. The molecule has 0 saturated carbocycles. The predicted molar refractivity (Wildman–Crippen MR) is 74.5 cm³/mol. The van der Waals surface area contributed by atoms with Gasteiger partial charge in [-0.05, 0) is 32.0 Å². The summed E-state index contributed by atoms with van der Waals surface area (Å²) in [6.07, 6.45) is 0.184. The van der Waals surface area contributed by atoms with E-state index in [0.29, 0.717) is 0 Å². The SMILES string of the molecule is CC(C)NC(=O)CCOc1cc(Br)ccc1C(=O)O. The summed E-state index contributed by atoms with van der Waals surface area (Å²) in [6.45, 7) is 3.88. The molecule has 0 heterocycles. The van der Waals surface area contributed by atoms with Crippen LogP contribution in [0.2, 0.25) is 0 Å². The molecule has 19 heavy (non-hydrogen) atoms. The molecule has 2 N–H and O–H groups in total. The third-order valence-corrected chi connectivity index (χ3v) is 2.70. The number of carbonyl (C=O) groups excluding carboxylic acids is 1. The number of benzene rings is 1. The van der Waals surface area contributed by atoms with Crippen LogP contribution in [0.15, 0.2) is 22.7 Å². The lowest BCUT2D eigenvalue weighted by Crippen LogP contribution is -2.31. The molecule has 0 aromatic heterocycles. The molecule has 0 radical (unpaired) electrons. The van der Waals surface area contributed by atoms with Crippen molar-refractivity contribution >= 4 is 27.8 Å². The zero-order valence-corrected chi connectivity index (χ0v) is 12.4. The van der Waals surface area contributed by atoms with Crippen molar-refractivity contribution in [2.24, 2.45) is 0 Å². The first-order valence-corrected chi connectivity index (χ1v) is 6.64. The lowest BCUT2D eigenvalue weighted by molar-refractivity contribution is -0.122. The number of hydrogen-bond acceptors (Lipinski definition) is 3. The molecule has 0 aliphatic rings. The minimum Gasteiger partial charge on any atom is -0.492 e. The predicted octanol–water partition coefficient (Wildman–Crippen LogP) is 2.44. The number of ether oxygens (including phenoxy) is 1. The summed E-state index contributed by atoms with van der Waals surface area (Å²) in [6, 6.07) is 4.73. The largest absolute Gasteiger partial charge is 0.492 e. The van der Waals surface area contributed by atoms with Crippen LogP contribution in [0.25, 0.3) is 0 Å². The van der Waals surface area contributed by atoms with Gasteiger partial charge in [0.05, 0.1) is 13.0 Å². The molecular weight excluding hydrogens is 314 g/mol. The molecular formula is C13H16BrNO4. The van der Waals surface area contributed by atoms with Crippen molar-refractivity contribution in [1.82, 2.24) is 5.32 Å². The second kappa shape index (κ2) is 7.13. The first-order valence-electron chi connectivity index (χ1n) is 5.85. The number of aromatic carboxylic acids is 1. The molecule has 104 valence electrons. The molecule has 0 fully saturated rings. The summed E-state index contributed by atoms with van der Waals surface area (Å²) < 4.78 is 6.08. The van der Waals surface area contributed by atoms with Gasteiger partial charge in [0, 0.05) is 10.5 Å². The van der Waals surface area contributed by atoms with Gasteiger partial charge in [0.25, 0.3) is 0 Å². The zero-order chi connectivity index (χ0) is 14.4. The quantitative estimate of drug-likeness (QED) is 0.840. The summed E-state index contributed by atoms with van der Waals surface area (Å²) in [4.78, 5) is 22.4. The number of carboxylic acid groups (broad SMARTS) is 1. The normalized spacial score (nSPS) is 10.3. The van der Waals surface area contributed by atoms with E-state index in [4.69, 9.17) is 9.84 Å². The lowest BCUT2D eigenvalue weighted by Gasteiger charge is -2.11. The number of amides is 1. The Kier molecular flexibility index (Phi) is 5.82. The molecule has 0 aliphatic carbocycles. The van der Waals surface area contributed by atoms with Gasteiger partial charge in [0.2, 0.25) is 5.91 Å². The fourth-order valence-corrected chi connectivity index (χ4v) is 1.78. The van der Waals surface area contributed by atoms with Crippen LogP contribution in [0.1, 0.15) is 30.6 Å². The first-order chi connectivity index (χ1) is 8.90. The van der Waals surface area contributed by atoms with Crippen molar-refractivity contribution in [2.45, 2.75) is 26.3 Å². The summed E-state index contributed by atoms with van der Waals surface area (Å²) in [7, 11) is 0. The molecule has 1 aromatic carbocycles. The maximum atomic E-state index is 11.4. The third kappa shape index (κ3) is 5.30. The topological polar surface area (TPSA) is 75.6 Å². The van der Waals surface area contributed by atoms with Gasteiger partial charge in [0.15, 0.2) is 0 Å². The van der Waals surface area contributed by atoms with Crippen LogP contribution in [0.3, 0.4) is 0 Å². The number of nitrogens with one attached hydrogen (secondary N) is 1. The number of carbonyl (C=O) groups is 2. The Morgan fingerprint density at radius 1 is 1.42 bits per heavy atom. The first kappa shape index (κ1) is 15.5. The number of halogens is 1. The molecule has 1 amide bonds. The highest BCUT2D eigenvalue weighted by Gasteiger charge is 2.12. The van der Waals surface area contributed by atoms with Gasteiger partial charge in [-0.25, -0.2) is 4.79 Å². The van der Waals surface area contributed by atoms with Gasteiger partial charge in [-0.3, -0.25) is 4.79 Å². The minimum absolute atomic E-state index is 0.0764. The Morgan fingerprint density at radius 2 is 2.11 bits per heavy atom. The van der Waals surface area contributed by atoms with Gasteiger partial charge in [-0.1, -0.05) is 15.9 Å². The highest BCUT2D eigenvalue weighted by molar-refractivity contribution is 9.10. The number of hydrogen-bond donors (Lipinski definition) is 2. The standard InChI is InChI=1S/C13H16BrNO4/c1-8(2)15-12(16)5-6-19-11-7-9(14)3-4-10(11)13(17)18/h3-4,7-8H,5-6H2,1-2H3,(H,15,16)(H,17,18). The third-order valence-electron chi connectivity index (χ3n) is 2.21. The zero-order valence-electron chi connectivity index (χ0n) is 10.8. The number of carboxylic acids is 1. The second-order valence-electron chi connectivity index (χ2n) is 4.27. The van der Waals surface area contributed by atoms with E-state index in [9.17, 15) is 9.59 Å². The maximum absolute atomic E-state index is 11.4. The van der Waals surface area contributed by atoms with Crippen molar-refractivity contribution in [1.29, 1.82) is 0 Å². The number of rotatable bonds is 6. The molecule has 0 atom stereocenters. The van der Waals surface area contributed by atoms with Crippen LogP contribution in [0, 0.1) is 0 Å². The average molecular weight is 330 g/mol. The van der Waals surface area contributed by atoms with E-state index in [1.54, 1.807) is 12.1 Å². The molecule has 6 heteroatoms. The van der Waals surface area contributed by atoms with Crippen LogP contribution in [0.5, 0.6) is 5.75 Å². The Morgan fingerprint density at radius 3 is 2.68 bits per heavy atom. The Labute approximate surface area is 120 Å². The van der Waals surface area contributed by atoms with Crippen molar-refractivity contribution in [3.8, 4) is 5.75 Å². The van der Waals surface area contributed by atoms with Gasteiger partial charge in [-0.2, -0.15) is 0 Å². The van der Waals surface area contributed by atoms with E-state index in [1.165, 1.54) is 6.07 Å². The van der Waals surface area contributed by atoms with Gasteiger partial charge in [0.1, 0.15) is 11.3 Å². The van der Waals surface area contributed by atoms with Crippen molar-refractivity contribution < 1.29 is 19.4 Å². The van der Waals surface area contributed by atoms with Crippen LogP contribution < -0.4 is 10.1 Å². The Balaban J connectivity index is 2.60. The van der Waals surface area contributed by atoms with E-state index in [2.05, 4.69) is 21.2 Å². The van der Waals surface area contributed by atoms with E-state index in [-0.39, 0.29) is 36.3 Å². The fraction of sp³-hybridized carbons (Fsp3) is 0.385. The Bertz CT molecular complexity index is 474. The molecule has 5 nitrogen and oxygen atoms in total. The molecule has 0 unspecified atom stereocenters. The van der Waals surface area contributed by atoms with E-state index in [0.717, 1.165) is 4.47 Å². The van der Waals surface area contributed by atoms with E-state index >= 15 is 0 Å². The van der Waals surface area contributed by atoms with Crippen molar-refractivity contribution in [2.75, 3.05) is 6.61 Å². The summed E-state index contributed by atoms with van der Waals surface area (Å²) in [5, 5.41) is 11.7. The van der Waals surface area contributed by atoms with Crippen LogP contribution in [-0.2, 0) is 4.79 Å². The van der Waals surface area contributed by atoms with Gasteiger partial charge >= 0.3 is 5.97 Å². The van der Waals surface area contributed by atoms with Gasteiger partial charge < -0.3 is 15.2 Å². The van der Waals surface area contributed by atoms with E-state index in [1.807, 2.05) is 13.8 Å². The minimum atomic E-state index is -1.06. The monoisotopic (exact) mass is 329 g/mol. The summed E-state index contributed by atoms with van der Waals surface area (Å²) in [5.74, 6) is -0.935. The van der Waals surface area contributed by atoms with Crippen molar-refractivity contribution in [3.05, 3.63) is 28.2 Å². The average Bonchev–Trinajstić information content (AvgIpc) is 2.27.